The molecule has 0 unspecified atom stereocenters. The number of aromatic nitrogens is 2. The van der Waals surface area contributed by atoms with Crippen molar-refractivity contribution in [3.8, 4) is 0 Å². The van der Waals surface area contributed by atoms with Gasteiger partial charge in [0, 0.05) is 12.3 Å². The topological polar surface area (TPSA) is 37.3 Å². The van der Waals surface area contributed by atoms with Gasteiger partial charge in [-0.15, -0.1) is 0 Å². The monoisotopic (exact) mass is 168 g/mol. The molecule has 0 bridgehead atoms. The molecule has 0 aliphatic rings. The number of nitrogens with one attached hydrogen (secondary N) is 1. The zero-order valence-electron chi connectivity index (χ0n) is 5.54. The SMILES string of the molecule is O=c1cc2ccc(Cl)cn2[nH]1. The summed E-state index contributed by atoms with van der Waals surface area (Å²) in [5.41, 5.74) is 0.701. The van der Waals surface area contributed by atoms with Crippen molar-refractivity contribution in [2.24, 2.45) is 0 Å². The predicted octanol–water partition coefficient (Wildman–Crippen LogP) is 1.28. The highest BCUT2D eigenvalue weighted by Crippen LogP contribution is 2.07. The minimum absolute atomic E-state index is 0.118. The quantitative estimate of drug-likeness (QED) is 0.632. The van der Waals surface area contributed by atoms with Gasteiger partial charge in [0.25, 0.3) is 5.56 Å². The molecule has 2 rings (SSSR count). The van der Waals surface area contributed by atoms with E-state index < -0.39 is 0 Å². The molecule has 0 aliphatic carbocycles. The highest BCUT2D eigenvalue weighted by molar-refractivity contribution is 6.30. The summed E-state index contributed by atoms with van der Waals surface area (Å²) in [6.45, 7) is 0. The molecule has 3 nitrogen and oxygen atoms in total. The first kappa shape index (κ1) is 6.49. The number of hydrogen-bond acceptors (Lipinski definition) is 1. The highest BCUT2D eigenvalue weighted by atomic mass is 35.5. The lowest BCUT2D eigenvalue weighted by atomic mass is 10.4. The number of hydrogen-bond donors (Lipinski definition) is 1. The van der Waals surface area contributed by atoms with Crippen molar-refractivity contribution in [2.45, 2.75) is 0 Å². The van der Waals surface area contributed by atoms with Gasteiger partial charge in [-0.1, -0.05) is 11.6 Å². The fourth-order valence-electron chi connectivity index (χ4n) is 0.986. The van der Waals surface area contributed by atoms with Crippen molar-refractivity contribution in [1.29, 1.82) is 0 Å². The minimum Gasteiger partial charge on any atom is -0.268 e. The summed E-state index contributed by atoms with van der Waals surface area (Å²) in [6.07, 6.45) is 1.65. The van der Waals surface area contributed by atoms with Gasteiger partial charge in [-0.05, 0) is 12.1 Å². The number of aromatic amines is 1. The molecule has 56 valence electrons. The lowest BCUT2D eigenvalue weighted by Gasteiger charge is -1.92. The van der Waals surface area contributed by atoms with Crippen molar-refractivity contribution in [3.63, 3.8) is 0 Å². The van der Waals surface area contributed by atoms with Crippen LogP contribution < -0.4 is 5.56 Å². The molecule has 0 radical (unpaired) electrons. The summed E-state index contributed by atoms with van der Waals surface area (Å²) in [7, 11) is 0. The van der Waals surface area contributed by atoms with E-state index in [2.05, 4.69) is 5.10 Å². The molecule has 4 heteroatoms. The fraction of sp³-hybridized carbons (Fsp3) is 0. The van der Waals surface area contributed by atoms with Crippen LogP contribution in [-0.2, 0) is 0 Å². The van der Waals surface area contributed by atoms with Crippen molar-refractivity contribution < 1.29 is 0 Å². The summed E-state index contributed by atoms with van der Waals surface area (Å²) in [6, 6.07) is 5.03. The van der Waals surface area contributed by atoms with Crippen molar-refractivity contribution >= 4 is 17.1 Å². The Balaban J connectivity index is 2.92. The van der Waals surface area contributed by atoms with E-state index in [-0.39, 0.29) is 5.56 Å². The van der Waals surface area contributed by atoms with E-state index in [0.29, 0.717) is 5.02 Å². The smallest absolute Gasteiger partial charge is 0.264 e. The van der Waals surface area contributed by atoms with Crippen LogP contribution in [0.3, 0.4) is 0 Å². The Morgan fingerprint density at radius 1 is 1.45 bits per heavy atom. The standard InChI is InChI=1S/C7H5ClN2O/c8-5-1-2-6-3-7(11)9-10(6)4-5/h1-4H,(H,9,11). The number of pyridine rings is 1. The van der Waals surface area contributed by atoms with Gasteiger partial charge >= 0.3 is 0 Å². The van der Waals surface area contributed by atoms with Gasteiger partial charge < -0.3 is 0 Å². The average Bonchev–Trinajstić information content (AvgIpc) is 2.27. The van der Waals surface area contributed by atoms with Crippen molar-refractivity contribution in [1.82, 2.24) is 9.61 Å². The molecule has 0 atom stereocenters. The van der Waals surface area contributed by atoms with Crippen LogP contribution in [0.25, 0.3) is 5.52 Å². The molecular formula is C7H5ClN2O. The van der Waals surface area contributed by atoms with Gasteiger partial charge in [0.15, 0.2) is 0 Å². The Morgan fingerprint density at radius 2 is 2.27 bits per heavy atom. The number of nitrogens with zero attached hydrogens (tertiary/aromatic N) is 1. The summed E-state index contributed by atoms with van der Waals surface area (Å²) in [5.74, 6) is 0. The van der Waals surface area contributed by atoms with E-state index in [0.717, 1.165) is 5.52 Å². The molecule has 2 heterocycles. The molecule has 0 amide bonds. The van der Waals surface area contributed by atoms with Crippen LogP contribution in [0.1, 0.15) is 0 Å². The lowest BCUT2D eigenvalue weighted by Crippen LogP contribution is -1.97. The summed E-state index contributed by atoms with van der Waals surface area (Å²) < 4.78 is 1.59. The first-order valence-corrected chi connectivity index (χ1v) is 3.50. The van der Waals surface area contributed by atoms with Gasteiger partial charge in [0.1, 0.15) is 0 Å². The first-order chi connectivity index (χ1) is 5.25. The van der Waals surface area contributed by atoms with E-state index in [1.165, 1.54) is 6.07 Å². The molecule has 0 saturated carbocycles. The first-order valence-electron chi connectivity index (χ1n) is 3.13. The van der Waals surface area contributed by atoms with E-state index >= 15 is 0 Å². The maximum atomic E-state index is 10.8. The third-order valence-corrected chi connectivity index (χ3v) is 1.68. The normalized spacial score (nSPS) is 10.6. The lowest BCUT2D eigenvalue weighted by molar-refractivity contribution is 0.938. The van der Waals surface area contributed by atoms with Crippen LogP contribution in [0.15, 0.2) is 29.2 Å². The summed E-state index contributed by atoms with van der Waals surface area (Å²) in [5, 5.41) is 3.18. The van der Waals surface area contributed by atoms with Gasteiger partial charge in [-0.3, -0.25) is 14.4 Å². The molecule has 2 aromatic heterocycles. The molecular weight excluding hydrogens is 164 g/mol. The number of fused-ring (bicyclic) bond motifs is 1. The second-order valence-electron chi connectivity index (χ2n) is 2.26. The van der Waals surface area contributed by atoms with Gasteiger partial charge in [-0.25, -0.2) is 0 Å². The predicted molar refractivity (Wildman–Crippen MR) is 43.0 cm³/mol. The molecule has 0 aromatic carbocycles. The second-order valence-corrected chi connectivity index (χ2v) is 2.70. The minimum atomic E-state index is -0.118. The molecule has 0 spiro atoms. The Kier molecular flexibility index (Phi) is 1.26. The molecule has 1 N–H and O–H groups in total. The largest absolute Gasteiger partial charge is 0.268 e. The molecule has 0 fully saturated rings. The van der Waals surface area contributed by atoms with Crippen molar-refractivity contribution in [2.75, 3.05) is 0 Å². The van der Waals surface area contributed by atoms with Crippen LogP contribution in [0.4, 0.5) is 0 Å². The Hall–Kier alpha value is -1.22. The second kappa shape index (κ2) is 2.13. The van der Waals surface area contributed by atoms with Gasteiger partial charge in [-0.2, -0.15) is 0 Å². The third kappa shape index (κ3) is 1.03. The summed E-state index contributed by atoms with van der Waals surface area (Å²) in [4.78, 5) is 10.8. The molecule has 11 heavy (non-hydrogen) atoms. The number of halogens is 1. The summed E-state index contributed by atoms with van der Waals surface area (Å²) >= 11 is 5.69. The van der Waals surface area contributed by atoms with Crippen LogP contribution in [0.5, 0.6) is 0 Å². The van der Waals surface area contributed by atoms with E-state index in [1.54, 1.807) is 22.8 Å². The molecule has 0 saturated heterocycles. The number of H-pyrrole nitrogens is 1. The Morgan fingerprint density at radius 3 is 3.09 bits per heavy atom. The Bertz CT molecular complexity index is 443. The third-order valence-electron chi connectivity index (χ3n) is 1.45. The average molecular weight is 169 g/mol. The van der Waals surface area contributed by atoms with Crippen molar-refractivity contribution in [3.05, 3.63) is 39.8 Å². The Labute approximate surface area is 67.2 Å². The van der Waals surface area contributed by atoms with Gasteiger partial charge in [0.2, 0.25) is 0 Å². The highest BCUT2D eigenvalue weighted by Gasteiger charge is 1.94. The molecule has 0 aliphatic heterocycles. The zero-order valence-corrected chi connectivity index (χ0v) is 6.30. The maximum Gasteiger partial charge on any atom is 0.264 e. The van der Waals surface area contributed by atoms with Crippen LogP contribution in [0, 0.1) is 0 Å². The number of rotatable bonds is 0. The zero-order chi connectivity index (χ0) is 7.84. The maximum absolute atomic E-state index is 10.8. The van der Waals surface area contributed by atoms with Gasteiger partial charge in [0.05, 0.1) is 10.5 Å². The van der Waals surface area contributed by atoms with E-state index in [4.69, 9.17) is 11.6 Å². The van der Waals surface area contributed by atoms with Crippen LogP contribution >= 0.6 is 11.6 Å². The molecule has 2 aromatic rings. The van der Waals surface area contributed by atoms with Crippen LogP contribution in [-0.4, -0.2) is 9.61 Å². The fourth-order valence-corrected chi connectivity index (χ4v) is 1.15. The van der Waals surface area contributed by atoms with Crippen LogP contribution in [0.2, 0.25) is 5.02 Å². The van der Waals surface area contributed by atoms with E-state index in [9.17, 15) is 4.79 Å². The van der Waals surface area contributed by atoms with E-state index in [1.807, 2.05) is 0 Å².